The molecule has 2 aliphatic heterocycles. The Morgan fingerprint density at radius 2 is 0.964 bits per heavy atom. The van der Waals surface area contributed by atoms with Gasteiger partial charge in [-0.05, 0) is 35.4 Å². The molecule has 0 bridgehead atoms. The van der Waals surface area contributed by atoms with Gasteiger partial charge < -0.3 is 50.8 Å². The Balaban J connectivity index is 1.27. The highest BCUT2D eigenvalue weighted by Crippen LogP contribution is 2.29. The zero-order valence-electron chi connectivity index (χ0n) is 29.7. The normalized spacial score (nSPS) is 15.2. The minimum atomic E-state index is -4.83. The summed E-state index contributed by atoms with van der Waals surface area (Å²) in [6, 6.07) is 8.02. The van der Waals surface area contributed by atoms with E-state index in [4.69, 9.17) is 9.47 Å². The summed E-state index contributed by atoms with van der Waals surface area (Å²) in [6.45, 7) is 3.94. The van der Waals surface area contributed by atoms with Gasteiger partial charge in [-0.15, -0.1) is 0 Å². The first-order valence-corrected chi connectivity index (χ1v) is 20.1. The molecule has 0 saturated carbocycles. The number of hydrogen-bond acceptors (Lipinski definition) is 20. The molecule has 4 aromatic rings. The maximum atomic E-state index is 12.6. The first-order valence-electron chi connectivity index (χ1n) is 17.2. The van der Waals surface area contributed by atoms with Crippen molar-refractivity contribution >= 4 is 79.5 Å². The van der Waals surface area contributed by atoms with Crippen molar-refractivity contribution in [1.29, 1.82) is 0 Å². The fourth-order valence-electron chi connectivity index (χ4n) is 5.53. The first-order chi connectivity index (χ1) is 26.9. The molecule has 0 unspecified atom stereocenters. The number of aliphatic hydroxyl groups is 2. The highest BCUT2D eigenvalue weighted by molar-refractivity contribution is 7.86. The van der Waals surface area contributed by atoms with Crippen LogP contribution in [0, 0.1) is 0 Å². The Labute approximate surface area is 321 Å². The molecule has 2 aromatic heterocycles. The topological polar surface area (TPSA) is 300 Å². The summed E-state index contributed by atoms with van der Waals surface area (Å²) < 4.78 is 81.4. The fraction of sp³-hybridized carbons (Fsp3) is 0.375. The number of anilines is 8. The van der Waals surface area contributed by atoms with Crippen LogP contribution >= 0.6 is 0 Å². The number of aliphatic hydroxyl groups excluding tert-OH is 2. The van der Waals surface area contributed by atoms with Crippen LogP contribution in [0.5, 0.6) is 0 Å². The van der Waals surface area contributed by atoms with Gasteiger partial charge in [0.2, 0.25) is 35.7 Å². The van der Waals surface area contributed by atoms with Crippen LogP contribution in [0.15, 0.2) is 46.2 Å². The van der Waals surface area contributed by atoms with E-state index < -0.39 is 30.0 Å². The third-order valence-electron chi connectivity index (χ3n) is 8.16. The summed E-state index contributed by atoms with van der Waals surface area (Å²) in [5.74, 6) is 1.06. The van der Waals surface area contributed by atoms with Crippen molar-refractivity contribution in [3.05, 3.63) is 47.5 Å². The molecule has 22 nitrogen and oxygen atoms in total. The highest BCUT2D eigenvalue weighted by atomic mass is 32.2. The molecule has 2 aromatic carbocycles. The van der Waals surface area contributed by atoms with E-state index in [-0.39, 0.29) is 72.6 Å². The molecule has 4 heterocycles. The van der Waals surface area contributed by atoms with Gasteiger partial charge in [0.05, 0.1) is 39.6 Å². The summed E-state index contributed by atoms with van der Waals surface area (Å²) >= 11 is 0. The van der Waals surface area contributed by atoms with E-state index in [9.17, 15) is 36.2 Å². The Hall–Kier alpha value is -5.34. The zero-order valence-corrected chi connectivity index (χ0v) is 31.4. The third kappa shape index (κ3) is 10.7. The summed E-state index contributed by atoms with van der Waals surface area (Å²) in [5.41, 5.74) is 0.335. The molecule has 0 aliphatic carbocycles. The minimum Gasteiger partial charge on any atom is -0.395 e. The lowest BCUT2D eigenvalue weighted by atomic mass is 10.1. The number of morpholine rings is 2. The van der Waals surface area contributed by atoms with Crippen molar-refractivity contribution in [3.63, 3.8) is 0 Å². The van der Waals surface area contributed by atoms with E-state index in [0.717, 1.165) is 12.1 Å². The molecule has 56 heavy (non-hydrogen) atoms. The van der Waals surface area contributed by atoms with Gasteiger partial charge in [0.25, 0.3) is 20.2 Å². The fourth-order valence-corrected chi connectivity index (χ4v) is 6.95. The number of nitrogens with one attached hydrogen (secondary N) is 4. The summed E-state index contributed by atoms with van der Waals surface area (Å²) in [4.78, 5) is 29.0. The van der Waals surface area contributed by atoms with Crippen molar-refractivity contribution in [2.75, 3.05) is 110 Å². The predicted octanol–water partition coefficient (Wildman–Crippen LogP) is 0.689. The van der Waals surface area contributed by atoms with E-state index in [2.05, 4.69) is 51.2 Å². The molecule has 6 rings (SSSR count). The van der Waals surface area contributed by atoms with E-state index in [1.165, 1.54) is 36.4 Å². The van der Waals surface area contributed by atoms with E-state index in [1.807, 2.05) is 9.80 Å². The molecule has 2 saturated heterocycles. The number of hydrogen-bond donors (Lipinski definition) is 8. The van der Waals surface area contributed by atoms with Crippen molar-refractivity contribution in [2.45, 2.75) is 9.79 Å². The molecular formula is C32H40N12O10S2. The number of rotatable bonds is 16. The van der Waals surface area contributed by atoms with Crippen LogP contribution in [0.3, 0.4) is 0 Å². The van der Waals surface area contributed by atoms with Crippen LogP contribution in [0.4, 0.5) is 47.1 Å². The lowest BCUT2D eigenvalue weighted by Crippen LogP contribution is -2.37. The standard InChI is InChI=1S/C32H40N12O10S2/c45-13-7-33-27-37-29(41-31(39-27)43-9-15-53-16-10-43)35-23-5-3-21(25(19-23)55(47,48)49)1-2-22-4-6-24(20-26(22)56(50,51)52)36-30-38-28(34-8-14-46)40-32(42-30)44-11-17-54-18-12-44/h1-6,19-20,45-46H,7-18H2,(H,47,48,49)(H,50,51,52)(H2,33,35,37,39,41)(H2,34,36,38,40,42). The molecule has 2 aliphatic rings. The largest absolute Gasteiger partial charge is 0.395 e. The van der Waals surface area contributed by atoms with E-state index >= 15 is 0 Å². The second kappa shape index (κ2) is 18.1. The van der Waals surface area contributed by atoms with E-state index in [1.54, 1.807) is 0 Å². The quantitative estimate of drug-likeness (QED) is 0.0570. The van der Waals surface area contributed by atoms with Gasteiger partial charge in [0, 0.05) is 50.6 Å². The Morgan fingerprint density at radius 1 is 0.589 bits per heavy atom. The Bertz CT molecular complexity index is 2100. The summed E-state index contributed by atoms with van der Waals surface area (Å²) in [7, 11) is -9.66. The van der Waals surface area contributed by atoms with Crippen molar-refractivity contribution in [3.8, 4) is 0 Å². The third-order valence-corrected chi connectivity index (χ3v) is 9.98. The second-order valence-electron chi connectivity index (χ2n) is 12.1. The molecule has 8 N–H and O–H groups in total. The molecule has 0 amide bonds. The van der Waals surface area contributed by atoms with Crippen LogP contribution in [-0.2, 0) is 29.7 Å². The van der Waals surface area contributed by atoms with Crippen LogP contribution in [-0.4, -0.2) is 145 Å². The highest BCUT2D eigenvalue weighted by Gasteiger charge is 2.21. The summed E-state index contributed by atoms with van der Waals surface area (Å²) in [6.07, 6.45) is 2.53. The van der Waals surface area contributed by atoms with Gasteiger partial charge in [-0.3, -0.25) is 9.11 Å². The average Bonchev–Trinajstić information content (AvgIpc) is 3.19. The number of nitrogens with zero attached hydrogens (tertiary/aromatic N) is 8. The van der Waals surface area contributed by atoms with E-state index in [0.29, 0.717) is 64.5 Å². The Morgan fingerprint density at radius 3 is 1.32 bits per heavy atom. The van der Waals surface area contributed by atoms with Crippen molar-refractivity contribution in [1.82, 2.24) is 29.9 Å². The van der Waals surface area contributed by atoms with Crippen LogP contribution in [0.1, 0.15) is 11.1 Å². The lowest BCUT2D eigenvalue weighted by molar-refractivity contribution is 0.122. The number of ether oxygens (including phenoxy) is 2. The lowest BCUT2D eigenvalue weighted by Gasteiger charge is -2.27. The maximum absolute atomic E-state index is 12.6. The van der Waals surface area contributed by atoms with Gasteiger partial charge in [-0.25, -0.2) is 0 Å². The van der Waals surface area contributed by atoms with Crippen LogP contribution in [0.2, 0.25) is 0 Å². The van der Waals surface area contributed by atoms with Crippen molar-refractivity contribution in [2.24, 2.45) is 0 Å². The molecule has 24 heteroatoms. The van der Waals surface area contributed by atoms with Gasteiger partial charge >= 0.3 is 0 Å². The second-order valence-corrected chi connectivity index (χ2v) is 14.9. The molecule has 300 valence electrons. The zero-order chi connectivity index (χ0) is 39.7. The van der Waals surface area contributed by atoms with Gasteiger partial charge in [-0.1, -0.05) is 24.3 Å². The monoisotopic (exact) mass is 816 g/mol. The van der Waals surface area contributed by atoms with Gasteiger partial charge in [0.15, 0.2) is 0 Å². The maximum Gasteiger partial charge on any atom is 0.295 e. The molecular weight excluding hydrogens is 777 g/mol. The number of benzene rings is 2. The molecule has 0 radical (unpaired) electrons. The van der Waals surface area contributed by atoms with Crippen molar-refractivity contribution < 1.29 is 45.6 Å². The van der Waals surface area contributed by atoms with Gasteiger partial charge in [-0.2, -0.15) is 46.7 Å². The molecule has 2 fully saturated rings. The predicted molar refractivity (Wildman–Crippen MR) is 205 cm³/mol. The Kier molecular flexibility index (Phi) is 13.0. The average molecular weight is 817 g/mol. The van der Waals surface area contributed by atoms with Gasteiger partial charge in [0.1, 0.15) is 9.79 Å². The smallest absolute Gasteiger partial charge is 0.295 e. The van der Waals surface area contributed by atoms with Crippen LogP contribution < -0.4 is 31.1 Å². The van der Waals surface area contributed by atoms with Crippen LogP contribution in [0.25, 0.3) is 12.2 Å². The molecule has 0 atom stereocenters. The number of aromatic nitrogens is 6. The first kappa shape index (κ1) is 40.3. The molecule has 0 spiro atoms. The summed E-state index contributed by atoms with van der Waals surface area (Å²) in [5, 5.41) is 30.2. The minimum absolute atomic E-state index is 0.0137. The SMILES string of the molecule is O=S(=O)(O)c1cc(Nc2nc(NCCO)nc(N3CCOCC3)n2)ccc1C=Cc1ccc(Nc2nc(NCCO)nc(N3CCOCC3)n2)cc1S(=O)(=O)O.